The van der Waals surface area contributed by atoms with Crippen LogP contribution in [0.5, 0.6) is 17.2 Å². The van der Waals surface area contributed by atoms with Gasteiger partial charge in [0.05, 0.1) is 6.04 Å². The van der Waals surface area contributed by atoms with Gasteiger partial charge in [0.25, 0.3) is 5.91 Å². The zero-order chi connectivity index (χ0) is 17.6. The third-order valence-corrected chi connectivity index (χ3v) is 3.82. The number of ether oxygens (including phenoxy) is 3. The van der Waals surface area contributed by atoms with Crippen molar-refractivity contribution in [2.45, 2.75) is 19.4 Å². The van der Waals surface area contributed by atoms with Crippen LogP contribution in [0, 0.1) is 0 Å². The van der Waals surface area contributed by atoms with Crippen LogP contribution in [0.3, 0.4) is 0 Å². The van der Waals surface area contributed by atoms with Gasteiger partial charge in [-0.25, -0.2) is 0 Å². The minimum absolute atomic E-state index is 0.0970. The lowest BCUT2D eigenvalue weighted by atomic mass is 10.0. The first-order valence-corrected chi connectivity index (χ1v) is 7.98. The molecule has 0 fully saturated rings. The van der Waals surface area contributed by atoms with Gasteiger partial charge in [-0.05, 0) is 31.0 Å². The fourth-order valence-corrected chi connectivity index (χ4v) is 2.50. The summed E-state index contributed by atoms with van der Waals surface area (Å²) >= 11 is 0. The molecule has 0 saturated heterocycles. The smallest absolute Gasteiger partial charge is 0.258 e. The maximum atomic E-state index is 12.1. The summed E-state index contributed by atoms with van der Waals surface area (Å²) in [6, 6.07) is 14.1. The van der Waals surface area contributed by atoms with Crippen molar-refractivity contribution in [3.8, 4) is 17.2 Å². The third-order valence-electron chi connectivity index (χ3n) is 3.82. The molecule has 2 aromatic rings. The molecule has 1 amide bonds. The molecule has 0 radical (unpaired) electrons. The van der Waals surface area contributed by atoms with Gasteiger partial charge in [-0.15, -0.1) is 0 Å². The zero-order valence-electron chi connectivity index (χ0n) is 13.9. The van der Waals surface area contributed by atoms with Gasteiger partial charge in [0.15, 0.2) is 23.9 Å². The van der Waals surface area contributed by atoms with Gasteiger partial charge in [-0.2, -0.15) is 0 Å². The van der Waals surface area contributed by atoms with E-state index in [0.717, 1.165) is 5.56 Å². The van der Waals surface area contributed by atoms with E-state index in [-0.39, 0.29) is 25.1 Å². The average molecular weight is 341 g/mol. The Hall–Kier alpha value is -3.02. The van der Waals surface area contributed by atoms with E-state index >= 15 is 0 Å². The molecule has 0 aliphatic carbocycles. The minimum atomic E-state index is -0.574. The van der Waals surface area contributed by atoms with Crippen molar-refractivity contribution in [3.05, 3.63) is 54.1 Å². The molecule has 1 atom stereocenters. The molecule has 25 heavy (non-hydrogen) atoms. The second-order valence-corrected chi connectivity index (χ2v) is 5.72. The number of rotatable bonds is 7. The molecule has 0 bridgehead atoms. The molecule has 0 saturated carbocycles. The monoisotopic (exact) mass is 341 g/mol. The highest BCUT2D eigenvalue weighted by molar-refractivity contribution is 5.88. The van der Waals surface area contributed by atoms with Crippen LogP contribution in [0.1, 0.15) is 12.5 Å². The Labute approximate surface area is 145 Å². The molecular formula is C19H19NO5. The first-order valence-electron chi connectivity index (χ1n) is 7.98. The van der Waals surface area contributed by atoms with Crippen molar-refractivity contribution in [2.24, 2.45) is 0 Å². The van der Waals surface area contributed by atoms with Gasteiger partial charge in [0.1, 0.15) is 5.75 Å². The number of carbonyl (C=O) groups excluding carboxylic acids is 2. The molecule has 1 aliphatic rings. The molecule has 3 rings (SSSR count). The number of Topliss-reactive ketones (excluding diaryl/α,β-unsaturated/α-hetero) is 1. The Kier molecular flexibility index (Phi) is 5.18. The lowest BCUT2D eigenvalue weighted by Gasteiger charge is -2.16. The van der Waals surface area contributed by atoms with E-state index in [1.54, 1.807) is 18.2 Å². The second kappa shape index (κ2) is 7.70. The summed E-state index contributed by atoms with van der Waals surface area (Å²) < 4.78 is 15.9. The normalized spacial score (nSPS) is 13.2. The molecule has 2 aromatic carbocycles. The lowest BCUT2D eigenvalue weighted by molar-refractivity contribution is -0.128. The summed E-state index contributed by atoms with van der Waals surface area (Å²) in [5, 5.41) is 2.72. The van der Waals surface area contributed by atoms with Crippen LogP contribution in [0.25, 0.3) is 0 Å². The van der Waals surface area contributed by atoms with E-state index in [1.807, 2.05) is 30.3 Å². The molecule has 6 nitrogen and oxygen atoms in total. The maximum absolute atomic E-state index is 12.1. The Morgan fingerprint density at radius 2 is 1.88 bits per heavy atom. The topological polar surface area (TPSA) is 73.9 Å². The molecule has 0 spiro atoms. The number of amides is 1. The van der Waals surface area contributed by atoms with Crippen LogP contribution in [0.15, 0.2) is 48.5 Å². The van der Waals surface area contributed by atoms with Crippen molar-refractivity contribution < 1.29 is 23.8 Å². The van der Waals surface area contributed by atoms with Crippen molar-refractivity contribution in [3.63, 3.8) is 0 Å². The highest BCUT2D eigenvalue weighted by atomic mass is 16.7. The molecule has 0 unspecified atom stereocenters. The number of benzene rings is 2. The Morgan fingerprint density at radius 1 is 1.12 bits per heavy atom. The number of fused-ring (bicyclic) bond motifs is 1. The fraction of sp³-hybridized carbons (Fsp3) is 0.263. The van der Waals surface area contributed by atoms with Gasteiger partial charge in [-0.3, -0.25) is 9.59 Å². The fourth-order valence-electron chi connectivity index (χ4n) is 2.50. The SMILES string of the molecule is CC(=O)[C@@H](Cc1ccccc1)NC(=O)COc1ccc2c(c1)OCO2. The largest absolute Gasteiger partial charge is 0.484 e. The number of carbonyl (C=O) groups is 2. The number of hydrogen-bond donors (Lipinski definition) is 1. The minimum Gasteiger partial charge on any atom is -0.484 e. The summed E-state index contributed by atoms with van der Waals surface area (Å²) in [5.41, 5.74) is 0.986. The standard InChI is InChI=1S/C19H19NO5/c1-13(21)16(9-14-5-3-2-4-6-14)20-19(22)11-23-15-7-8-17-18(10-15)25-12-24-17/h2-8,10,16H,9,11-12H2,1H3,(H,20,22)/t16-/m1/s1. The van der Waals surface area contributed by atoms with Gasteiger partial charge >= 0.3 is 0 Å². The van der Waals surface area contributed by atoms with Crippen molar-refractivity contribution in [1.82, 2.24) is 5.32 Å². The van der Waals surface area contributed by atoms with E-state index in [1.165, 1.54) is 6.92 Å². The van der Waals surface area contributed by atoms with E-state index < -0.39 is 6.04 Å². The number of ketones is 1. The summed E-state index contributed by atoms with van der Waals surface area (Å²) in [6.07, 6.45) is 0.450. The summed E-state index contributed by atoms with van der Waals surface area (Å²) in [4.78, 5) is 23.9. The predicted octanol–water partition coefficient (Wildman–Crippen LogP) is 2.11. The summed E-state index contributed by atoms with van der Waals surface area (Å²) in [6.45, 7) is 1.46. The van der Waals surface area contributed by atoms with Crippen LogP contribution >= 0.6 is 0 Å². The Bertz CT molecular complexity index is 760. The second-order valence-electron chi connectivity index (χ2n) is 5.72. The maximum Gasteiger partial charge on any atom is 0.258 e. The van der Waals surface area contributed by atoms with Crippen molar-refractivity contribution >= 4 is 11.7 Å². The van der Waals surface area contributed by atoms with E-state index in [9.17, 15) is 9.59 Å². The molecule has 6 heteroatoms. The van der Waals surface area contributed by atoms with Crippen LogP contribution in [0.4, 0.5) is 0 Å². The number of nitrogens with one attached hydrogen (secondary N) is 1. The predicted molar refractivity (Wildman–Crippen MR) is 90.8 cm³/mol. The first kappa shape index (κ1) is 16.8. The molecule has 1 aliphatic heterocycles. The van der Waals surface area contributed by atoms with E-state index in [0.29, 0.717) is 23.7 Å². The van der Waals surface area contributed by atoms with E-state index in [4.69, 9.17) is 14.2 Å². The van der Waals surface area contributed by atoms with Gasteiger partial charge in [0.2, 0.25) is 6.79 Å². The van der Waals surface area contributed by atoms with Crippen molar-refractivity contribution in [1.29, 1.82) is 0 Å². The van der Waals surface area contributed by atoms with Crippen LogP contribution in [-0.4, -0.2) is 31.1 Å². The number of hydrogen-bond acceptors (Lipinski definition) is 5. The van der Waals surface area contributed by atoms with Crippen molar-refractivity contribution in [2.75, 3.05) is 13.4 Å². The van der Waals surface area contributed by atoms with Gasteiger partial charge < -0.3 is 19.5 Å². The molecule has 0 aromatic heterocycles. The quantitative estimate of drug-likeness (QED) is 0.835. The Balaban J connectivity index is 1.54. The molecule has 130 valence electrons. The van der Waals surface area contributed by atoms with Crippen LogP contribution in [0.2, 0.25) is 0 Å². The first-order chi connectivity index (χ1) is 12.1. The highest BCUT2D eigenvalue weighted by Crippen LogP contribution is 2.34. The van der Waals surface area contributed by atoms with Crippen LogP contribution in [-0.2, 0) is 16.0 Å². The third kappa shape index (κ3) is 4.50. The molecule has 1 N–H and O–H groups in total. The van der Waals surface area contributed by atoms with Gasteiger partial charge in [0, 0.05) is 6.07 Å². The zero-order valence-corrected chi connectivity index (χ0v) is 13.9. The van der Waals surface area contributed by atoms with Gasteiger partial charge in [-0.1, -0.05) is 30.3 Å². The Morgan fingerprint density at radius 3 is 2.64 bits per heavy atom. The summed E-state index contributed by atoms with van der Waals surface area (Å²) in [7, 11) is 0. The lowest BCUT2D eigenvalue weighted by Crippen LogP contribution is -2.43. The molecule has 1 heterocycles. The molecular weight excluding hydrogens is 322 g/mol. The summed E-state index contributed by atoms with van der Waals surface area (Å²) in [5.74, 6) is 1.29. The highest BCUT2D eigenvalue weighted by Gasteiger charge is 2.18. The average Bonchev–Trinajstić information content (AvgIpc) is 3.08. The van der Waals surface area contributed by atoms with E-state index in [2.05, 4.69) is 5.32 Å². The van der Waals surface area contributed by atoms with Crippen LogP contribution < -0.4 is 19.5 Å².